The Morgan fingerprint density at radius 2 is 1.98 bits per heavy atom. The molecule has 6 atom stereocenters. The minimum Gasteiger partial charge on any atom is -0.475 e. The second-order valence-corrected chi connectivity index (χ2v) is 10.9. The highest BCUT2D eigenvalue weighted by molar-refractivity contribution is 7.48. The molecule has 0 radical (unpaired) electrons. The number of phosphoric ester groups is 1. The standard InChI is InChI=1S/C21H23F2N4O7P.C2HF3O2/c1-21(29)17(28)15(33-20(21)27-7-5-12-18(24)25-10-26-19(12)27)9-32-35(30)31-8-6-14(34-35)11-3-2-4-13(22)16(11)23;3-2(4,5)1(6)7/h2-5,7,10,14-15,17,20,28-29H,6,8-9H2,1H3,(H2,24,25,26);(H,6,7)/t14-,15+,17+,20+,21+,35+;/m0./s1. The molecule has 0 amide bonds. The molecular formula is C23H24F5N4O9P. The predicted molar refractivity (Wildman–Crippen MR) is 130 cm³/mol. The van der Waals surface area contributed by atoms with Gasteiger partial charge in [0, 0.05) is 18.2 Å². The van der Waals surface area contributed by atoms with Gasteiger partial charge in [-0.15, -0.1) is 0 Å². The summed E-state index contributed by atoms with van der Waals surface area (Å²) in [6.07, 6.45) is -6.88. The van der Waals surface area contributed by atoms with E-state index in [0.29, 0.717) is 11.0 Å². The summed E-state index contributed by atoms with van der Waals surface area (Å²) in [4.78, 5) is 17.0. The molecule has 19 heteroatoms. The van der Waals surface area contributed by atoms with Crippen LogP contribution in [0, 0.1) is 11.6 Å². The molecule has 2 aliphatic rings. The lowest BCUT2D eigenvalue weighted by atomic mass is 9.96. The molecule has 4 heterocycles. The zero-order valence-electron chi connectivity index (χ0n) is 21.4. The van der Waals surface area contributed by atoms with Gasteiger partial charge < -0.3 is 30.4 Å². The van der Waals surface area contributed by atoms with E-state index in [1.165, 1.54) is 30.0 Å². The number of hydrogen-bond donors (Lipinski definition) is 4. The number of ether oxygens (including phenoxy) is 1. The smallest absolute Gasteiger partial charge is 0.475 e. The number of halogens is 5. The number of nitrogens with zero attached hydrogens (tertiary/aromatic N) is 3. The third-order valence-electron chi connectivity index (χ3n) is 6.40. The Kier molecular flexibility index (Phi) is 8.90. The molecular weight excluding hydrogens is 602 g/mol. The van der Waals surface area contributed by atoms with Crippen LogP contribution >= 0.6 is 7.82 Å². The molecule has 5 N–H and O–H groups in total. The highest BCUT2D eigenvalue weighted by atomic mass is 31.2. The van der Waals surface area contributed by atoms with Gasteiger partial charge in [0.25, 0.3) is 0 Å². The molecule has 0 bridgehead atoms. The fourth-order valence-electron chi connectivity index (χ4n) is 4.28. The van der Waals surface area contributed by atoms with E-state index < -0.39 is 68.4 Å². The number of rotatable bonds is 5. The first-order chi connectivity index (χ1) is 19.5. The monoisotopic (exact) mass is 626 g/mol. The van der Waals surface area contributed by atoms with Crippen LogP contribution < -0.4 is 5.73 Å². The van der Waals surface area contributed by atoms with E-state index in [1.807, 2.05) is 0 Å². The average molecular weight is 626 g/mol. The van der Waals surface area contributed by atoms with Crippen molar-refractivity contribution in [1.82, 2.24) is 14.5 Å². The Balaban J connectivity index is 0.000000517. The lowest BCUT2D eigenvalue weighted by Gasteiger charge is -2.30. The minimum atomic E-state index is -5.08. The zero-order valence-corrected chi connectivity index (χ0v) is 22.3. The van der Waals surface area contributed by atoms with Crippen molar-refractivity contribution in [3.8, 4) is 0 Å². The lowest BCUT2D eigenvalue weighted by molar-refractivity contribution is -0.192. The molecule has 42 heavy (non-hydrogen) atoms. The van der Waals surface area contributed by atoms with Gasteiger partial charge in [-0.05, 0) is 19.1 Å². The Labute approximate surface area is 233 Å². The Bertz CT molecular complexity index is 1500. The highest BCUT2D eigenvalue weighted by Gasteiger charge is 2.54. The molecule has 0 spiro atoms. The first kappa shape index (κ1) is 31.7. The maximum Gasteiger partial charge on any atom is 0.490 e. The number of aliphatic hydroxyl groups is 2. The quantitative estimate of drug-likeness (QED) is 0.240. The van der Waals surface area contributed by atoms with Gasteiger partial charge in [-0.2, -0.15) is 13.2 Å². The number of carbonyl (C=O) groups is 1. The molecule has 2 saturated heterocycles. The summed E-state index contributed by atoms with van der Waals surface area (Å²) in [6.45, 7) is 0.791. The van der Waals surface area contributed by atoms with Crippen LogP contribution in [0.5, 0.6) is 0 Å². The molecule has 3 aromatic rings. The van der Waals surface area contributed by atoms with Crippen molar-refractivity contribution >= 4 is 30.6 Å². The Hall–Kier alpha value is -3.25. The van der Waals surface area contributed by atoms with Crippen LogP contribution in [0.3, 0.4) is 0 Å². The van der Waals surface area contributed by atoms with Gasteiger partial charge in [-0.25, -0.2) is 28.1 Å². The SMILES string of the molecule is C[C@@]1(O)[C@H](O)[C@@H](CO[P@@]2(=O)OCC[C@@H](c3cccc(F)c3F)O2)O[C@H]1n1ccc2c(N)ncnc21.O=C(O)C(F)(F)F. The van der Waals surface area contributed by atoms with Gasteiger partial charge in [0.15, 0.2) is 17.9 Å². The van der Waals surface area contributed by atoms with E-state index >= 15 is 0 Å². The first-order valence-corrected chi connectivity index (χ1v) is 13.5. The number of fused-ring (bicyclic) bond motifs is 1. The van der Waals surface area contributed by atoms with E-state index in [4.69, 9.17) is 33.9 Å². The van der Waals surface area contributed by atoms with Gasteiger partial charge >= 0.3 is 20.0 Å². The summed E-state index contributed by atoms with van der Waals surface area (Å²) in [5.74, 6) is -4.69. The number of hydrogen-bond acceptors (Lipinski definition) is 11. The number of nitrogen functional groups attached to an aromatic ring is 1. The number of aliphatic carboxylic acids is 1. The van der Waals surface area contributed by atoms with Crippen LogP contribution in [-0.4, -0.2) is 73.0 Å². The molecule has 2 fully saturated rings. The van der Waals surface area contributed by atoms with Crippen molar-refractivity contribution in [3.63, 3.8) is 0 Å². The molecule has 0 unspecified atom stereocenters. The number of aromatic nitrogens is 3. The van der Waals surface area contributed by atoms with Crippen LogP contribution in [0.4, 0.5) is 27.8 Å². The summed E-state index contributed by atoms with van der Waals surface area (Å²) >= 11 is 0. The highest BCUT2D eigenvalue weighted by Crippen LogP contribution is 2.57. The number of aliphatic hydroxyl groups excluding tert-OH is 1. The second kappa shape index (κ2) is 11.8. The van der Waals surface area contributed by atoms with Crippen molar-refractivity contribution < 1.29 is 64.9 Å². The molecule has 1 aromatic carbocycles. The summed E-state index contributed by atoms with van der Waals surface area (Å²) in [6, 6.07) is 5.24. The van der Waals surface area contributed by atoms with E-state index in [-0.39, 0.29) is 24.4 Å². The summed E-state index contributed by atoms with van der Waals surface area (Å²) in [5.41, 5.74) is 4.33. The van der Waals surface area contributed by atoms with E-state index in [2.05, 4.69) is 9.97 Å². The van der Waals surface area contributed by atoms with Gasteiger partial charge in [-0.3, -0.25) is 13.6 Å². The topological polar surface area (TPSA) is 188 Å². The van der Waals surface area contributed by atoms with Crippen molar-refractivity contribution in [1.29, 1.82) is 0 Å². The van der Waals surface area contributed by atoms with Crippen molar-refractivity contribution in [3.05, 3.63) is 54.0 Å². The second-order valence-electron chi connectivity index (χ2n) is 9.32. The normalized spacial score (nSPS) is 29.7. The maximum absolute atomic E-state index is 14.2. The van der Waals surface area contributed by atoms with E-state index in [0.717, 1.165) is 6.07 Å². The first-order valence-electron chi connectivity index (χ1n) is 12.0. The molecule has 230 valence electrons. The number of carboxylic acids is 1. The van der Waals surface area contributed by atoms with Crippen molar-refractivity contribution in [2.75, 3.05) is 18.9 Å². The van der Waals surface area contributed by atoms with E-state index in [9.17, 15) is 36.7 Å². The number of anilines is 1. The van der Waals surface area contributed by atoms with Crippen LogP contribution in [0.2, 0.25) is 0 Å². The third kappa shape index (κ3) is 6.39. The number of benzene rings is 1. The molecule has 13 nitrogen and oxygen atoms in total. The number of nitrogens with two attached hydrogens (primary N) is 1. The molecule has 0 aliphatic carbocycles. The van der Waals surface area contributed by atoms with Crippen LogP contribution in [0.25, 0.3) is 11.0 Å². The average Bonchev–Trinajstić information content (AvgIpc) is 3.43. The van der Waals surface area contributed by atoms with Gasteiger partial charge in [0.05, 0.1) is 24.7 Å². The minimum absolute atomic E-state index is 0.0944. The lowest BCUT2D eigenvalue weighted by Crippen LogP contribution is -2.44. The number of phosphoric acid groups is 1. The van der Waals surface area contributed by atoms with Gasteiger partial charge in [-0.1, -0.05) is 12.1 Å². The molecule has 0 saturated carbocycles. The van der Waals surface area contributed by atoms with Crippen LogP contribution in [-0.2, 0) is 27.7 Å². The number of alkyl halides is 3. The Morgan fingerprint density at radius 3 is 2.64 bits per heavy atom. The van der Waals surface area contributed by atoms with Crippen LogP contribution in [0.15, 0.2) is 36.8 Å². The van der Waals surface area contributed by atoms with Crippen LogP contribution in [0.1, 0.15) is 31.2 Å². The van der Waals surface area contributed by atoms with Crippen molar-refractivity contribution in [2.24, 2.45) is 0 Å². The zero-order chi connectivity index (χ0) is 31.0. The predicted octanol–water partition coefficient (Wildman–Crippen LogP) is 3.24. The third-order valence-corrected chi connectivity index (χ3v) is 7.88. The molecule has 5 rings (SSSR count). The fraction of sp³-hybridized carbons (Fsp3) is 0.435. The van der Waals surface area contributed by atoms with Crippen molar-refractivity contribution in [2.45, 2.75) is 49.7 Å². The summed E-state index contributed by atoms with van der Waals surface area (Å²) < 4.78 is 95.8. The van der Waals surface area contributed by atoms with Gasteiger partial charge in [0.1, 0.15) is 35.6 Å². The summed E-state index contributed by atoms with van der Waals surface area (Å²) in [7, 11) is -4.22. The molecule has 2 aromatic heterocycles. The maximum atomic E-state index is 14.2. The summed E-state index contributed by atoms with van der Waals surface area (Å²) in [5, 5.41) is 29.4. The number of carboxylic acid groups (broad SMARTS) is 1. The Morgan fingerprint density at radius 1 is 1.29 bits per heavy atom. The van der Waals surface area contributed by atoms with Gasteiger partial charge in [0.2, 0.25) is 0 Å². The fourth-order valence-corrected chi connectivity index (χ4v) is 5.67. The van der Waals surface area contributed by atoms with E-state index in [1.54, 1.807) is 12.3 Å². The largest absolute Gasteiger partial charge is 0.490 e. The molecule has 2 aliphatic heterocycles.